The highest BCUT2D eigenvalue weighted by molar-refractivity contribution is 5.94. The summed E-state index contributed by atoms with van der Waals surface area (Å²) in [6.07, 6.45) is 0. The molecule has 1 aliphatic rings. The molecule has 5 heteroatoms. The van der Waals surface area contributed by atoms with E-state index in [0.29, 0.717) is 5.75 Å². The molecular formula is C20H26N3O2+. The largest absolute Gasteiger partial charge is 0.495 e. The summed E-state index contributed by atoms with van der Waals surface area (Å²) < 4.78 is 5.31. The molecule has 1 aliphatic heterocycles. The highest BCUT2D eigenvalue weighted by Crippen LogP contribution is 2.22. The van der Waals surface area contributed by atoms with Crippen LogP contribution in [0.5, 0.6) is 5.75 Å². The predicted molar refractivity (Wildman–Crippen MR) is 100 cm³/mol. The molecule has 3 rings (SSSR count). The number of methoxy groups -OCH3 is 1. The molecule has 2 aromatic rings. The molecule has 0 bridgehead atoms. The molecule has 1 amide bonds. The van der Waals surface area contributed by atoms with Crippen molar-refractivity contribution in [1.82, 2.24) is 0 Å². The Morgan fingerprint density at radius 3 is 2.40 bits per heavy atom. The Bertz CT molecular complexity index is 697. The summed E-state index contributed by atoms with van der Waals surface area (Å²) >= 11 is 0. The van der Waals surface area contributed by atoms with Crippen molar-refractivity contribution < 1.29 is 14.4 Å². The van der Waals surface area contributed by atoms with Crippen molar-refractivity contribution in [1.29, 1.82) is 0 Å². The van der Waals surface area contributed by atoms with Crippen LogP contribution in [-0.4, -0.2) is 45.2 Å². The molecule has 0 radical (unpaired) electrons. The van der Waals surface area contributed by atoms with Gasteiger partial charge in [-0.1, -0.05) is 30.3 Å². The van der Waals surface area contributed by atoms with E-state index in [0.717, 1.165) is 31.9 Å². The molecule has 1 saturated heterocycles. The number of piperazine rings is 1. The Labute approximate surface area is 149 Å². The quantitative estimate of drug-likeness (QED) is 0.866. The van der Waals surface area contributed by atoms with Crippen LogP contribution in [-0.2, 0) is 4.79 Å². The van der Waals surface area contributed by atoms with Crippen LogP contribution < -0.4 is 19.9 Å². The number of amides is 1. The lowest BCUT2D eigenvalue weighted by Crippen LogP contribution is -3.19. The average Bonchev–Trinajstić information content (AvgIpc) is 2.68. The number of carbonyl (C=O) groups is 1. The molecular weight excluding hydrogens is 314 g/mol. The first-order chi connectivity index (χ1) is 12.2. The molecule has 0 aliphatic carbocycles. The molecule has 0 unspecified atom stereocenters. The van der Waals surface area contributed by atoms with Gasteiger partial charge >= 0.3 is 0 Å². The molecule has 1 fully saturated rings. The summed E-state index contributed by atoms with van der Waals surface area (Å²) in [5.74, 6) is 0.722. The lowest BCUT2D eigenvalue weighted by Gasteiger charge is -2.36. The van der Waals surface area contributed by atoms with Crippen molar-refractivity contribution >= 4 is 17.3 Å². The van der Waals surface area contributed by atoms with E-state index < -0.39 is 0 Å². The monoisotopic (exact) mass is 340 g/mol. The fraction of sp³-hybridized carbons (Fsp3) is 0.350. The Hall–Kier alpha value is -2.53. The summed E-state index contributed by atoms with van der Waals surface area (Å²) in [6, 6.07) is 17.9. The fourth-order valence-corrected chi connectivity index (χ4v) is 3.30. The minimum Gasteiger partial charge on any atom is -0.495 e. The minimum absolute atomic E-state index is 0.0349. The van der Waals surface area contributed by atoms with E-state index in [1.165, 1.54) is 10.6 Å². The van der Waals surface area contributed by atoms with E-state index in [4.69, 9.17) is 4.74 Å². The van der Waals surface area contributed by atoms with Crippen molar-refractivity contribution in [3.63, 3.8) is 0 Å². The third-order valence-electron chi connectivity index (χ3n) is 4.90. The highest BCUT2D eigenvalue weighted by Gasteiger charge is 2.29. The third-order valence-corrected chi connectivity index (χ3v) is 4.90. The molecule has 2 aromatic carbocycles. The minimum atomic E-state index is -0.0946. The van der Waals surface area contributed by atoms with Gasteiger partial charge in [0.2, 0.25) is 0 Å². The van der Waals surface area contributed by atoms with Crippen molar-refractivity contribution in [3.8, 4) is 5.75 Å². The first-order valence-electron chi connectivity index (χ1n) is 8.77. The van der Waals surface area contributed by atoms with Crippen molar-refractivity contribution in [2.24, 2.45) is 0 Å². The van der Waals surface area contributed by atoms with Gasteiger partial charge in [0.1, 0.15) is 5.75 Å². The standard InChI is InChI=1S/C20H25N3O2/c1-16(20(24)21-18-10-6-7-11-19(18)25-2)22-12-14-23(15-13-22)17-8-4-3-5-9-17/h3-11,16H,12-15H2,1-2H3,(H,21,24)/p+1/t16-/m0/s1. The van der Waals surface area contributed by atoms with Gasteiger partial charge in [-0.15, -0.1) is 0 Å². The van der Waals surface area contributed by atoms with Gasteiger partial charge in [0.25, 0.3) is 5.91 Å². The van der Waals surface area contributed by atoms with Crippen LogP contribution in [0.25, 0.3) is 0 Å². The van der Waals surface area contributed by atoms with Crippen LogP contribution in [0.15, 0.2) is 54.6 Å². The maximum atomic E-state index is 12.6. The lowest BCUT2D eigenvalue weighted by molar-refractivity contribution is -0.914. The van der Waals surface area contributed by atoms with E-state index >= 15 is 0 Å². The first kappa shape index (κ1) is 17.3. The Balaban J connectivity index is 1.57. The lowest BCUT2D eigenvalue weighted by atomic mass is 10.2. The number of carbonyl (C=O) groups excluding carboxylic acids is 1. The van der Waals surface area contributed by atoms with Crippen LogP contribution >= 0.6 is 0 Å². The van der Waals surface area contributed by atoms with Gasteiger partial charge in [0.15, 0.2) is 6.04 Å². The number of benzene rings is 2. The topological polar surface area (TPSA) is 46.0 Å². The first-order valence-corrected chi connectivity index (χ1v) is 8.77. The van der Waals surface area contributed by atoms with Gasteiger partial charge in [-0.2, -0.15) is 0 Å². The molecule has 0 aromatic heterocycles. The Morgan fingerprint density at radius 2 is 1.72 bits per heavy atom. The smallest absolute Gasteiger partial charge is 0.282 e. The van der Waals surface area contributed by atoms with Crippen LogP contribution in [0.2, 0.25) is 0 Å². The molecule has 1 atom stereocenters. The second kappa shape index (κ2) is 8.03. The summed E-state index contributed by atoms with van der Waals surface area (Å²) in [4.78, 5) is 16.3. The molecule has 25 heavy (non-hydrogen) atoms. The summed E-state index contributed by atoms with van der Waals surface area (Å²) in [5, 5.41) is 3.00. The zero-order valence-corrected chi connectivity index (χ0v) is 14.9. The predicted octanol–water partition coefficient (Wildman–Crippen LogP) is 1.43. The molecule has 1 heterocycles. The number of para-hydroxylation sites is 3. The molecule has 0 spiro atoms. The van der Waals surface area contributed by atoms with Gasteiger partial charge in [-0.25, -0.2) is 0 Å². The van der Waals surface area contributed by atoms with Gasteiger partial charge in [0, 0.05) is 5.69 Å². The van der Waals surface area contributed by atoms with Crippen molar-refractivity contribution in [2.75, 3.05) is 43.5 Å². The van der Waals surface area contributed by atoms with E-state index in [-0.39, 0.29) is 11.9 Å². The number of rotatable bonds is 5. The van der Waals surface area contributed by atoms with Gasteiger partial charge in [-0.3, -0.25) is 4.79 Å². The third kappa shape index (κ3) is 4.12. The summed E-state index contributed by atoms with van der Waals surface area (Å²) in [5.41, 5.74) is 1.98. The number of hydrogen-bond donors (Lipinski definition) is 2. The van der Waals surface area contributed by atoms with E-state index in [1.54, 1.807) is 7.11 Å². The second-order valence-electron chi connectivity index (χ2n) is 6.39. The zero-order valence-electron chi connectivity index (χ0n) is 14.9. The van der Waals surface area contributed by atoms with Crippen molar-refractivity contribution in [3.05, 3.63) is 54.6 Å². The van der Waals surface area contributed by atoms with E-state index in [9.17, 15) is 4.79 Å². The second-order valence-corrected chi connectivity index (χ2v) is 6.39. The maximum absolute atomic E-state index is 12.6. The van der Waals surface area contributed by atoms with Crippen molar-refractivity contribution in [2.45, 2.75) is 13.0 Å². The number of nitrogens with one attached hydrogen (secondary N) is 2. The Morgan fingerprint density at radius 1 is 1.08 bits per heavy atom. The zero-order chi connectivity index (χ0) is 17.6. The number of hydrogen-bond acceptors (Lipinski definition) is 3. The fourth-order valence-electron chi connectivity index (χ4n) is 3.30. The molecule has 0 saturated carbocycles. The van der Waals surface area contributed by atoms with Gasteiger partial charge in [0.05, 0.1) is 39.0 Å². The highest BCUT2D eigenvalue weighted by atomic mass is 16.5. The summed E-state index contributed by atoms with van der Waals surface area (Å²) in [7, 11) is 1.61. The number of ether oxygens (including phenoxy) is 1. The van der Waals surface area contributed by atoms with E-state index in [2.05, 4.69) is 34.5 Å². The number of nitrogens with zero attached hydrogens (tertiary/aromatic N) is 1. The van der Waals surface area contributed by atoms with Gasteiger partial charge < -0.3 is 19.9 Å². The number of anilines is 2. The number of quaternary nitrogens is 1. The van der Waals surface area contributed by atoms with Crippen LogP contribution in [0.3, 0.4) is 0 Å². The molecule has 5 nitrogen and oxygen atoms in total. The Kier molecular flexibility index (Phi) is 5.56. The average molecular weight is 340 g/mol. The van der Waals surface area contributed by atoms with E-state index in [1.807, 2.05) is 37.3 Å². The molecule has 132 valence electrons. The maximum Gasteiger partial charge on any atom is 0.282 e. The van der Waals surface area contributed by atoms with Crippen LogP contribution in [0, 0.1) is 0 Å². The van der Waals surface area contributed by atoms with Gasteiger partial charge in [-0.05, 0) is 31.2 Å². The normalized spacial score (nSPS) is 16.3. The molecule has 2 N–H and O–H groups in total. The summed E-state index contributed by atoms with van der Waals surface area (Å²) in [6.45, 7) is 5.83. The SMILES string of the molecule is COc1ccccc1NC(=O)[C@H](C)[NH+]1CCN(c2ccccc2)CC1. The van der Waals surface area contributed by atoms with Crippen LogP contribution in [0.1, 0.15) is 6.92 Å². The van der Waals surface area contributed by atoms with Crippen LogP contribution in [0.4, 0.5) is 11.4 Å².